The van der Waals surface area contributed by atoms with E-state index >= 15 is 0 Å². The van der Waals surface area contributed by atoms with Crippen LogP contribution in [0.15, 0.2) is 48.4 Å². The van der Waals surface area contributed by atoms with Crippen LogP contribution in [0.2, 0.25) is 0 Å². The molecular weight excluding hydrogens is 312 g/mol. The van der Waals surface area contributed by atoms with Crippen LogP contribution in [-0.4, -0.2) is 34.2 Å². The quantitative estimate of drug-likeness (QED) is 0.787. The van der Waals surface area contributed by atoms with Crippen molar-refractivity contribution in [1.82, 2.24) is 15.6 Å². The van der Waals surface area contributed by atoms with Crippen LogP contribution < -0.4 is 15.8 Å². The zero-order chi connectivity index (χ0) is 18.2. The van der Waals surface area contributed by atoms with E-state index in [1.54, 1.807) is 6.07 Å². The summed E-state index contributed by atoms with van der Waals surface area (Å²) in [5.74, 6) is 1.29. The molecule has 5 nitrogen and oxygen atoms in total. The largest absolute Gasteiger partial charge is 0.506 e. The van der Waals surface area contributed by atoms with E-state index in [1.807, 2.05) is 35.5 Å². The van der Waals surface area contributed by atoms with Crippen LogP contribution in [0.3, 0.4) is 0 Å². The van der Waals surface area contributed by atoms with Crippen molar-refractivity contribution >= 4 is 5.69 Å². The maximum Gasteiger partial charge on any atom is 0.141 e. The number of hydrogen-bond acceptors (Lipinski definition) is 5. The fourth-order valence-corrected chi connectivity index (χ4v) is 4.16. The molecule has 3 rings (SSSR count). The Labute approximate surface area is 151 Å². The first kappa shape index (κ1) is 17.7. The van der Waals surface area contributed by atoms with Gasteiger partial charge in [-0.2, -0.15) is 0 Å². The number of para-hydroxylation sites is 2. The summed E-state index contributed by atoms with van der Waals surface area (Å²) in [6, 6.07) is 7.78. The monoisotopic (exact) mass is 342 g/mol. The summed E-state index contributed by atoms with van der Waals surface area (Å²) >= 11 is 0. The Morgan fingerprint density at radius 3 is 2.40 bits per heavy atom. The zero-order valence-corrected chi connectivity index (χ0v) is 15.9. The number of phenols is 1. The predicted octanol–water partition coefficient (Wildman–Crippen LogP) is 3.31. The molecule has 0 aromatic heterocycles. The van der Waals surface area contributed by atoms with Gasteiger partial charge in [0.15, 0.2) is 0 Å². The van der Waals surface area contributed by atoms with Crippen LogP contribution in [0.1, 0.15) is 40.5 Å². The summed E-state index contributed by atoms with van der Waals surface area (Å²) < 4.78 is 0. The molecule has 136 valence electrons. The van der Waals surface area contributed by atoms with Gasteiger partial charge in [-0.25, -0.2) is 0 Å². The van der Waals surface area contributed by atoms with Gasteiger partial charge in [0, 0.05) is 30.4 Å². The molecule has 1 saturated heterocycles. The molecule has 0 unspecified atom stereocenters. The van der Waals surface area contributed by atoms with E-state index in [-0.39, 0.29) is 16.8 Å². The number of piperidine rings is 1. The first-order valence-electron chi connectivity index (χ1n) is 8.91. The fourth-order valence-electron chi connectivity index (χ4n) is 4.16. The third-order valence-electron chi connectivity index (χ3n) is 4.96. The number of nitrogens with zero attached hydrogens (tertiary/aromatic N) is 2. The van der Waals surface area contributed by atoms with E-state index in [9.17, 15) is 5.11 Å². The van der Waals surface area contributed by atoms with Gasteiger partial charge in [0.2, 0.25) is 0 Å². The van der Waals surface area contributed by atoms with Crippen LogP contribution in [0.25, 0.3) is 0 Å². The molecule has 0 radical (unpaired) electrons. The molecule has 0 aliphatic carbocycles. The van der Waals surface area contributed by atoms with E-state index in [0.717, 1.165) is 24.4 Å². The Hall–Kier alpha value is -2.14. The van der Waals surface area contributed by atoms with Gasteiger partial charge in [-0.05, 0) is 64.8 Å². The number of rotatable bonds is 3. The highest BCUT2D eigenvalue weighted by Crippen LogP contribution is 2.33. The van der Waals surface area contributed by atoms with E-state index < -0.39 is 0 Å². The number of aromatic hydroxyl groups is 1. The zero-order valence-electron chi connectivity index (χ0n) is 15.9. The van der Waals surface area contributed by atoms with Crippen LogP contribution in [0.5, 0.6) is 5.75 Å². The first-order chi connectivity index (χ1) is 11.7. The van der Waals surface area contributed by atoms with Crippen molar-refractivity contribution in [3.63, 3.8) is 0 Å². The molecule has 0 spiro atoms. The minimum atomic E-state index is 0.100. The molecule has 2 aliphatic heterocycles. The summed E-state index contributed by atoms with van der Waals surface area (Å²) in [5, 5.41) is 15.7. The summed E-state index contributed by atoms with van der Waals surface area (Å²) in [6.45, 7) is 9.08. The van der Waals surface area contributed by atoms with Gasteiger partial charge in [-0.15, -0.1) is 0 Å². The number of nitrogens with one attached hydrogen (secondary N) is 2. The lowest BCUT2D eigenvalue weighted by molar-refractivity contribution is 0.0948. The maximum absolute atomic E-state index is 10.1. The molecule has 1 fully saturated rings. The van der Waals surface area contributed by atoms with Crippen molar-refractivity contribution in [1.29, 1.82) is 0 Å². The molecule has 0 bridgehead atoms. The summed E-state index contributed by atoms with van der Waals surface area (Å²) in [7, 11) is 2.14. The van der Waals surface area contributed by atoms with Gasteiger partial charge >= 0.3 is 0 Å². The molecule has 25 heavy (non-hydrogen) atoms. The Morgan fingerprint density at radius 2 is 1.76 bits per heavy atom. The molecule has 2 aliphatic rings. The molecule has 0 amide bonds. The van der Waals surface area contributed by atoms with Gasteiger partial charge in [-0.3, -0.25) is 10.4 Å². The van der Waals surface area contributed by atoms with Crippen molar-refractivity contribution in [2.75, 3.05) is 12.1 Å². The van der Waals surface area contributed by atoms with Crippen LogP contribution >= 0.6 is 0 Å². The normalized spacial score (nSPS) is 22.3. The summed E-state index contributed by atoms with van der Waals surface area (Å²) in [6.07, 6.45) is 8.16. The summed E-state index contributed by atoms with van der Waals surface area (Å²) in [4.78, 5) is 2.32. The number of phenolic OH excluding ortho intramolecular Hbond substituents is 1. The second kappa shape index (κ2) is 6.30. The number of allylic oxidation sites excluding steroid dienone is 2. The van der Waals surface area contributed by atoms with Gasteiger partial charge in [0.05, 0.1) is 0 Å². The minimum Gasteiger partial charge on any atom is -0.506 e. The van der Waals surface area contributed by atoms with Crippen molar-refractivity contribution in [3.8, 4) is 5.75 Å². The smallest absolute Gasteiger partial charge is 0.141 e. The van der Waals surface area contributed by atoms with Gasteiger partial charge in [0.25, 0.3) is 0 Å². The summed E-state index contributed by atoms with van der Waals surface area (Å²) in [5.41, 5.74) is 4.36. The average Bonchev–Trinajstić information content (AvgIpc) is 2.52. The van der Waals surface area contributed by atoms with Crippen molar-refractivity contribution in [2.24, 2.45) is 0 Å². The molecular formula is C20H30N4O. The third kappa shape index (κ3) is 3.93. The number of anilines is 1. The van der Waals surface area contributed by atoms with Gasteiger partial charge in [0.1, 0.15) is 17.3 Å². The third-order valence-corrected chi connectivity index (χ3v) is 4.96. The topological polar surface area (TPSA) is 50.8 Å². The lowest BCUT2D eigenvalue weighted by Gasteiger charge is -2.50. The van der Waals surface area contributed by atoms with Crippen LogP contribution in [0, 0.1) is 0 Å². The van der Waals surface area contributed by atoms with Crippen molar-refractivity contribution in [2.45, 2.75) is 57.7 Å². The Balaban J connectivity index is 1.77. The van der Waals surface area contributed by atoms with E-state index in [2.05, 4.69) is 56.5 Å². The van der Waals surface area contributed by atoms with Crippen molar-refractivity contribution in [3.05, 3.63) is 48.4 Å². The molecule has 0 atom stereocenters. The van der Waals surface area contributed by atoms with Crippen molar-refractivity contribution < 1.29 is 5.11 Å². The number of hydrazine groups is 1. The fraction of sp³-hybridized carbons (Fsp3) is 0.500. The van der Waals surface area contributed by atoms with E-state index in [0.29, 0.717) is 6.04 Å². The van der Waals surface area contributed by atoms with Gasteiger partial charge < -0.3 is 15.3 Å². The standard InChI is InChI=1S/C20H30N4O/c1-19(2)13-15(14-20(3,4)22-19)23(5)18-11-8-12-24(21-18)16-9-6-7-10-17(16)25/h6-12,15,21-22,25H,13-14H2,1-5H3. The first-order valence-corrected chi connectivity index (χ1v) is 8.91. The molecule has 1 aromatic carbocycles. The SMILES string of the molecule is CN(C1=CC=CN(c2ccccc2O)N1)C1CC(C)(C)NC(C)(C)C1. The van der Waals surface area contributed by atoms with Crippen LogP contribution in [0.4, 0.5) is 5.69 Å². The Kier molecular flexibility index (Phi) is 4.45. The molecule has 3 N–H and O–H groups in total. The van der Waals surface area contributed by atoms with Gasteiger partial charge in [-0.1, -0.05) is 12.1 Å². The highest BCUT2D eigenvalue weighted by molar-refractivity contribution is 5.59. The van der Waals surface area contributed by atoms with E-state index in [1.165, 1.54) is 0 Å². The van der Waals surface area contributed by atoms with E-state index in [4.69, 9.17) is 0 Å². The predicted molar refractivity (Wildman–Crippen MR) is 103 cm³/mol. The highest BCUT2D eigenvalue weighted by Gasteiger charge is 2.39. The maximum atomic E-state index is 10.1. The Bertz CT molecular complexity index is 677. The average molecular weight is 342 g/mol. The highest BCUT2D eigenvalue weighted by atomic mass is 16.3. The minimum absolute atomic E-state index is 0.100. The number of hydrogen-bond donors (Lipinski definition) is 3. The lowest BCUT2D eigenvalue weighted by atomic mass is 9.79. The second-order valence-corrected chi connectivity index (χ2v) is 8.43. The molecule has 5 heteroatoms. The number of benzene rings is 1. The molecule has 1 aromatic rings. The Morgan fingerprint density at radius 1 is 1.12 bits per heavy atom. The molecule has 0 saturated carbocycles. The lowest BCUT2D eigenvalue weighted by Crippen LogP contribution is -2.62. The molecule has 2 heterocycles. The van der Waals surface area contributed by atoms with Crippen LogP contribution in [-0.2, 0) is 0 Å². The second-order valence-electron chi connectivity index (χ2n) is 8.43.